The van der Waals surface area contributed by atoms with Crippen molar-refractivity contribution < 1.29 is 0 Å². The molecule has 0 unspecified atom stereocenters. The SMILES string of the molecule is c1ccc(-c2ccc(-c3cccc(-c4cccc5c4-c4ccccc4C54c5ccccc5-c5ccccc54)c3)nn2)cc1. The number of hydrogen-bond acceptors (Lipinski definition) is 2. The van der Waals surface area contributed by atoms with Crippen molar-refractivity contribution >= 4 is 0 Å². The highest BCUT2D eigenvalue weighted by Gasteiger charge is 2.51. The summed E-state index contributed by atoms with van der Waals surface area (Å²) in [5, 5.41) is 9.18. The van der Waals surface area contributed by atoms with Crippen LogP contribution in [0.4, 0.5) is 0 Å². The number of nitrogens with zero attached hydrogens (tertiary/aromatic N) is 2. The normalized spacial score (nSPS) is 13.3. The van der Waals surface area contributed by atoms with Gasteiger partial charge in [0.15, 0.2) is 0 Å². The van der Waals surface area contributed by atoms with Crippen molar-refractivity contribution in [3.63, 3.8) is 0 Å². The molecule has 2 nitrogen and oxygen atoms in total. The first kappa shape index (κ1) is 24.0. The molecule has 7 aromatic rings. The van der Waals surface area contributed by atoms with Crippen LogP contribution in [0, 0.1) is 0 Å². The Balaban J connectivity index is 1.24. The fraction of sp³-hybridized carbons (Fsp3) is 0.0244. The average Bonchev–Trinajstić information content (AvgIpc) is 3.56. The minimum atomic E-state index is -0.342. The molecule has 6 aromatic carbocycles. The first-order valence-electron chi connectivity index (χ1n) is 14.8. The predicted octanol–water partition coefficient (Wildman–Crippen LogP) is 9.82. The van der Waals surface area contributed by atoms with Crippen LogP contribution < -0.4 is 0 Å². The largest absolute Gasteiger partial charge is 0.150 e. The van der Waals surface area contributed by atoms with Gasteiger partial charge in [0, 0.05) is 11.1 Å². The molecule has 1 spiro atoms. The molecule has 9 rings (SSSR count). The van der Waals surface area contributed by atoms with E-state index in [0.717, 1.165) is 22.5 Å². The maximum absolute atomic E-state index is 4.63. The Morgan fingerprint density at radius 1 is 0.326 bits per heavy atom. The lowest BCUT2D eigenvalue weighted by Crippen LogP contribution is -2.25. The summed E-state index contributed by atoms with van der Waals surface area (Å²) >= 11 is 0. The molecule has 0 fully saturated rings. The van der Waals surface area contributed by atoms with Crippen LogP contribution in [0.25, 0.3) is 55.9 Å². The number of fused-ring (bicyclic) bond motifs is 10. The standard InChI is InChI=1S/C41H26N2/c1-2-12-27(13-3-1)38-24-25-39(43-42-38)29-15-10-14-28(26-29)30-19-11-23-37-40(30)33-18-6-9-22-36(33)41(37)34-20-7-4-16-31(34)32-17-5-8-21-35(32)41/h1-26H. The Bertz CT molecular complexity index is 2130. The molecule has 2 heteroatoms. The monoisotopic (exact) mass is 546 g/mol. The third kappa shape index (κ3) is 3.35. The van der Waals surface area contributed by atoms with Crippen molar-refractivity contribution in [2.75, 3.05) is 0 Å². The zero-order valence-corrected chi connectivity index (χ0v) is 23.4. The van der Waals surface area contributed by atoms with Crippen molar-refractivity contribution in [1.82, 2.24) is 10.2 Å². The Morgan fingerprint density at radius 3 is 1.47 bits per heavy atom. The summed E-state index contributed by atoms with van der Waals surface area (Å²) in [4.78, 5) is 0. The lowest BCUT2D eigenvalue weighted by Gasteiger charge is -2.30. The molecule has 0 N–H and O–H groups in total. The summed E-state index contributed by atoms with van der Waals surface area (Å²) in [7, 11) is 0. The molecule has 43 heavy (non-hydrogen) atoms. The van der Waals surface area contributed by atoms with Crippen molar-refractivity contribution in [1.29, 1.82) is 0 Å². The van der Waals surface area contributed by atoms with Crippen LogP contribution in [0.5, 0.6) is 0 Å². The van der Waals surface area contributed by atoms with Gasteiger partial charge in [-0.25, -0.2) is 0 Å². The second kappa shape index (κ2) is 9.20. The molecule has 0 aliphatic heterocycles. The minimum absolute atomic E-state index is 0.342. The van der Waals surface area contributed by atoms with Gasteiger partial charge in [-0.3, -0.25) is 0 Å². The fourth-order valence-corrected chi connectivity index (χ4v) is 7.48. The number of rotatable bonds is 3. The van der Waals surface area contributed by atoms with Gasteiger partial charge in [-0.05, 0) is 73.8 Å². The Hall–Kier alpha value is -5.60. The Kier molecular flexibility index (Phi) is 5.15. The van der Waals surface area contributed by atoms with E-state index in [1.54, 1.807) is 0 Å². The number of hydrogen-bond donors (Lipinski definition) is 0. The van der Waals surface area contributed by atoms with Crippen LogP contribution in [0.1, 0.15) is 22.3 Å². The second-order valence-corrected chi connectivity index (χ2v) is 11.4. The van der Waals surface area contributed by atoms with Crippen LogP contribution in [-0.4, -0.2) is 10.2 Å². The van der Waals surface area contributed by atoms with E-state index in [1.165, 1.54) is 55.6 Å². The molecule has 0 radical (unpaired) electrons. The van der Waals surface area contributed by atoms with E-state index >= 15 is 0 Å². The molecule has 1 heterocycles. The molecule has 200 valence electrons. The second-order valence-electron chi connectivity index (χ2n) is 11.4. The van der Waals surface area contributed by atoms with Gasteiger partial charge in [-0.2, -0.15) is 0 Å². The fourth-order valence-electron chi connectivity index (χ4n) is 7.48. The molecule has 1 aromatic heterocycles. The van der Waals surface area contributed by atoms with Crippen molar-refractivity contribution in [2.45, 2.75) is 5.41 Å². The van der Waals surface area contributed by atoms with E-state index in [0.29, 0.717) is 0 Å². The minimum Gasteiger partial charge on any atom is -0.150 e. The Labute approximate surface area is 251 Å². The average molecular weight is 547 g/mol. The van der Waals surface area contributed by atoms with E-state index in [2.05, 4.69) is 150 Å². The van der Waals surface area contributed by atoms with Crippen molar-refractivity contribution in [3.8, 4) is 55.9 Å². The van der Waals surface area contributed by atoms with Crippen LogP contribution >= 0.6 is 0 Å². The summed E-state index contributed by atoms with van der Waals surface area (Å²) < 4.78 is 0. The van der Waals surface area contributed by atoms with Crippen LogP contribution in [0.2, 0.25) is 0 Å². The van der Waals surface area contributed by atoms with Gasteiger partial charge in [-0.1, -0.05) is 140 Å². The first-order chi connectivity index (χ1) is 21.3. The third-order valence-electron chi connectivity index (χ3n) is 9.22. The lowest BCUT2D eigenvalue weighted by atomic mass is 9.70. The summed E-state index contributed by atoms with van der Waals surface area (Å²) in [6, 6.07) is 56.8. The maximum Gasteiger partial charge on any atom is 0.0930 e. The zero-order chi connectivity index (χ0) is 28.4. The molecule has 2 aliphatic carbocycles. The summed E-state index contributed by atoms with van der Waals surface area (Å²) in [5.41, 5.74) is 16.6. The van der Waals surface area contributed by atoms with Gasteiger partial charge in [0.1, 0.15) is 0 Å². The molecule has 0 amide bonds. The Morgan fingerprint density at radius 2 is 0.791 bits per heavy atom. The molecular formula is C41H26N2. The van der Waals surface area contributed by atoms with Gasteiger partial charge in [0.2, 0.25) is 0 Å². The van der Waals surface area contributed by atoms with Crippen LogP contribution in [-0.2, 0) is 5.41 Å². The molecule has 0 bridgehead atoms. The summed E-state index contributed by atoms with van der Waals surface area (Å²) in [5.74, 6) is 0. The van der Waals surface area contributed by atoms with Gasteiger partial charge < -0.3 is 0 Å². The molecule has 0 atom stereocenters. The van der Waals surface area contributed by atoms with Gasteiger partial charge in [0.25, 0.3) is 0 Å². The highest BCUT2D eigenvalue weighted by Crippen LogP contribution is 2.63. The van der Waals surface area contributed by atoms with E-state index in [1.807, 2.05) is 18.2 Å². The van der Waals surface area contributed by atoms with Crippen molar-refractivity contribution in [2.24, 2.45) is 0 Å². The number of benzene rings is 6. The van der Waals surface area contributed by atoms with E-state index < -0.39 is 0 Å². The first-order valence-corrected chi connectivity index (χ1v) is 14.8. The topological polar surface area (TPSA) is 25.8 Å². The van der Waals surface area contributed by atoms with Crippen LogP contribution in [0.3, 0.4) is 0 Å². The predicted molar refractivity (Wildman–Crippen MR) is 175 cm³/mol. The molecule has 0 saturated carbocycles. The number of aromatic nitrogens is 2. The van der Waals surface area contributed by atoms with Crippen LogP contribution in [0.15, 0.2) is 158 Å². The zero-order valence-electron chi connectivity index (χ0n) is 23.4. The van der Waals surface area contributed by atoms with E-state index in [9.17, 15) is 0 Å². The summed E-state index contributed by atoms with van der Waals surface area (Å²) in [6.45, 7) is 0. The molecule has 0 saturated heterocycles. The van der Waals surface area contributed by atoms with E-state index in [-0.39, 0.29) is 5.41 Å². The smallest absolute Gasteiger partial charge is 0.0930 e. The van der Waals surface area contributed by atoms with Gasteiger partial charge in [0.05, 0.1) is 16.8 Å². The van der Waals surface area contributed by atoms with E-state index in [4.69, 9.17) is 0 Å². The molecular weight excluding hydrogens is 520 g/mol. The quantitative estimate of drug-likeness (QED) is 0.220. The lowest BCUT2D eigenvalue weighted by molar-refractivity contribution is 0.794. The maximum atomic E-state index is 4.63. The van der Waals surface area contributed by atoms with Crippen molar-refractivity contribution in [3.05, 3.63) is 180 Å². The van der Waals surface area contributed by atoms with Gasteiger partial charge >= 0.3 is 0 Å². The highest BCUT2D eigenvalue weighted by atomic mass is 15.1. The summed E-state index contributed by atoms with van der Waals surface area (Å²) in [6.07, 6.45) is 0. The highest BCUT2D eigenvalue weighted by molar-refractivity contribution is 6.00. The van der Waals surface area contributed by atoms with Gasteiger partial charge in [-0.15, -0.1) is 10.2 Å². The third-order valence-corrected chi connectivity index (χ3v) is 9.22. The molecule has 2 aliphatic rings.